The summed E-state index contributed by atoms with van der Waals surface area (Å²) in [7, 11) is 0. The molecule has 0 spiro atoms. The minimum Gasteiger partial charge on any atom is -0.387 e. The molecule has 142 valence electrons. The molecule has 6 heteroatoms. The maximum atomic E-state index is 13.0. The van der Waals surface area contributed by atoms with E-state index in [2.05, 4.69) is 19.2 Å². The lowest BCUT2D eigenvalue weighted by Crippen LogP contribution is -2.41. The summed E-state index contributed by atoms with van der Waals surface area (Å²) in [6.07, 6.45) is -0.984. The predicted octanol–water partition coefficient (Wildman–Crippen LogP) is 3.96. The summed E-state index contributed by atoms with van der Waals surface area (Å²) in [6.45, 7) is 5.76. The van der Waals surface area contributed by atoms with E-state index in [1.807, 2.05) is 24.3 Å². The first-order valence-corrected chi connectivity index (χ1v) is 9.28. The first-order valence-electron chi connectivity index (χ1n) is 8.90. The Hall–Kier alpha value is -2.37. The third-order valence-electron chi connectivity index (χ3n) is 5.04. The van der Waals surface area contributed by atoms with Crippen LogP contribution >= 0.6 is 11.6 Å². The molecule has 1 aliphatic rings. The van der Waals surface area contributed by atoms with E-state index in [-0.39, 0.29) is 12.5 Å². The summed E-state index contributed by atoms with van der Waals surface area (Å²) in [4.78, 5) is 26.5. The van der Waals surface area contributed by atoms with Crippen molar-refractivity contribution in [3.05, 3.63) is 70.2 Å². The van der Waals surface area contributed by atoms with Crippen molar-refractivity contribution in [3.63, 3.8) is 0 Å². The molecule has 1 aliphatic heterocycles. The standard InChI is InChI=1S/C21H23ClN2O3/c1-13(2)14-4-8-16(9-5-14)21(3)19(26)24(20(27)23-21)12-18(25)15-6-10-17(22)11-7-15/h4-11,13,18,25H,12H2,1-3H3,(H,23,27)/t18-,21-/m1/s1. The molecule has 1 saturated heterocycles. The number of hydrogen-bond donors (Lipinski definition) is 2. The fraction of sp³-hybridized carbons (Fsp3) is 0.333. The minimum atomic E-state index is -1.15. The van der Waals surface area contributed by atoms with Crippen LogP contribution in [0, 0.1) is 0 Å². The van der Waals surface area contributed by atoms with E-state index < -0.39 is 17.7 Å². The Labute approximate surface area is 163 Å². The molecule has 27 heavy (non-hydrogen) atoms. The van der Waals surface area contributed by atoms with E-state index >= 15 is 0 Å². The highest BCUT2D eigenvalue weighted by atomic mass is 35.5. The third-order valence-corrected chi connectivity index (χ3v) is 5.29. The lowest BCUT2D eigenvalue weighted by molar-refractivity contribution is -0.132. The zero-order valence-electron chi connectivity index (χ0n) is 15.6. The molecule has 0 aromatic heterocycles. The summed E-state index contributed by atoms with van der Waals surface area (Å²) >= 11 is 5.86. The molecule has 2 aromatic carbocycles. The van der Waals surface area contributed by atoms with Gasteiger partial charge in [-0.3, -0.25) is 9.69 Å². The molecular formula is C21H23ClN2O3. The van der Waals surface area contributed by atoms with Crippen LogP contribution in [0.25, 0.3) is 0 Å². The van der Waals surface area contributed by atoms with Crippen LogP contribution in [0.3, 0.4) is 0 Å². The number of urea groups is 1. The molecular weight excluding hydrogens is 364 g/mol. The van der Waals surface area contributed by atoms with Gasteiger partial charge in [-0.15, -0.1) is 0 Å². The third kappa shape index (κ3) is 3.70. The van der Waals surface area contributed by atoms with Crippen molar-refractivity contribution in [1.29, 1.82) is 0 Å². The quantitative estimate of drug-likeness (QED) is 0.764. The molecule has 0 unspecified atom stereocenters. The number of carbonyl (C=O) groups is 2. The van der Waals surface area contributed by atoms with Crippen molar-refractivity contribution in [2.24, 2.45) is 0 Å². The molecule has 2 aromatic rings. The van der Waals surface area contributed by atoms with Crippen molar-refractivity contribution in [3.8, 4) is 0 Å². The van der Waals surface area contributed by atoms with E-state index in [4.69, 9.17) is 11.6 Å². The molecule has 1 fully saturated rings. The Kier molecular flexibility index (Phi) is 5.27. The van der Waals surface area contributed by atoms with Crippen molar-refractivity contribution < 1.29 is 14.7 Å². The van der Waals surface area contributed by atoms with E-state index in [0.29, 0.717) is 22.1 Å². The Morgan fingerprint density at radius 1 is 1.04 bits per heavy atom. The minimum absolute atomic E-state index is 0.119. The number of hydrogen-bond acceptors (Lipinski definition) is 3. The predicted molar refractivity (Wildman–Crippen MR) is 105 cm³/mol. The van der Waals surface area contributed by atoms with Crippen LogP contribution in [-0.2, 0) is 10.3 Å². The van der Waals surface area contributed by atoms with E-state index in [1.165, 1.54) is 0 Å². The number of halogens is 1. The number of amides is 3. The second-order valence-corrected chi connectivity index (χ2v) is 7.75. The van der Waals surface area contributed by atoms with Crippen LogP contribution in [0.5, 0.6) is 0 Å². The fourth-order valence-corrected chi connectivity index (χ4v) is 3.35. The Morgan fingerprint density at radius 3 is 2.15 bits per heavy atom. The van der Waals surface area contributed by atoms with Gasteiger partial charge >= 0.3 is 6.03 Å². The monoisotopic (exact) mass is 386 g/mol. The summed E-state index contributed by atoms with van der Waals surface area (Å²) < 4.78 is 0. The van der Waals surface area contributed by atoms with Gasteiger partial charge in [0, 0.05) is 5.02 Å². The van der Waals surface area contributed by atoms with Gasteiger partial charge in [0.15, 0.2) is 0 Å². The molecule has 1 heterocycles. The lowest BCUT2D eigenvalue weighted by Gasteiger charge is -2.23. The molecule has 0 aliphatic carbocycles. The van der Waals surface area contributed by atoms with Gasteiger partial charge in [-0.2, -0.15) is 0 Å². The maximum absolute atomic E-state index is 13.0. The van der Waals surface area contributed by atoms with Crippen molar-refractivity contribution in [1.82, 2.24) is 10.2 Å². The number of imide groups is 1. The van der Waals surface area contributed by atoms with Gasteiger partial charge in [-0.25, -0.2) is 4.79 Å². The Balaban J connectivity index is 1.80. The molecule has 0 saturated carbocycles. The number of nitrogens with one attached hydrogen (secondary N) is 1. The second-order valence-electron chi connectivity index (χ2n) is 7.31. The highest BCUT2D eigenvalue weighted by Gasteiger charge is 2.49. The largest absolute Gasteiger partial charge is 0.387 e. The highest BCUT2D eigenvalue weighted by molar-refractivity contribution is 6.30. The molecule has 3 rings (SSSR count). The average Bonchev–Trinajstić information content (AvgIpc) is 2.86. The number of aliphatic hydroxyl groups excluding tert-OH is 1. The molecule has 2 atom stereocenters. The van der Waals surface area contributed by atoms with Gasteiger partial charge in [-0.05, 0) is 41.7 Å². The smallest absolute Gasteiger partial charge is 0.325 e. The molecule has 3 amide bonds. The van der Waals surface area contributed by atoms with Gasteiger partial charge in [0.1, 0.15) is 5.54 Å². The summed E-state index contributed by atoms with van der Waals surface area (Å²) in [5, 5.41) is 13.7. The van der Waals surface area contributed by atoms with Crippen molar-refractivity contribution >= 4 is 23.5 Å². The van der Waals surface area contributed by atoms with Crippen LogP contribution in [0.15, 0.2) is 48.5 Å². The number of nitrogens with zero attached hydrogens (tertiary/aromatic N) is 1. The highest BCUT2D eigenvalue weighted by Crippen LogP contribution is 2.31. The van der Waals surface area contributed by atoms with E-state index in [9.17, 15) is 14.7 Å². The molecule has 0 radical (unpaired) electrons. The van der Waals surface area contributed by atoms with Crippen LogP contribution in [0.4, 0.5) is 4.79 Å². The second kappa shape index (κ2) is 7.33. The van der Waals surface area contributed by atoms with Gasteiger partial charge in [0.2, 0.25) is 0 Å². The summed E-state index contributed by atoms with van der Waals surface area (Å²) in [5.74, 6) is 0.00422. The van der Waals surface area contributed by atoms with Crippen molar-refractivity contribution in [2.75, 3.05) is 6.54 Å². The number of carbonyl (C=O) groups excluding carboxylic acids is 2. The summed E-state index contributed by atoms with van der Waals surface area (Å²) in [6, 6.07) is 13.8. The topological polar surface area (TPSA) is 69.6 Å². The van der Waals surface area contributed by atoms with Crippen molar-refractivity contribution in [2.45, 2.75) is 38.3 Å². The molecule has 2 N–H and O–H groups in total. The fourth-order valence-electron chi connectivity index (χ4n) is 3.22. The van der Waals surface area contributed by atoms with Gasteiger partial charge in [0.25, 0.3) is 5.91 Å². The summed E-state index contributed by atoms with van der Waals surface area (Å²) in [5.41, 5.74) is 1.32. The average molecular weight is 387 g/mol. The lowest BCUT2D eigenvalue weighted by atomic mass is 9.90. The number of rotatable bonds is 5. The van der Waals surface area contributed by atoms with Gasteiger partial charge in [-0.1, -0.05) is 61.8 Å². The zero-order valence-corrected chi connectivity index (χ0v) is 16.3. The normalized spacial score (nSPS) is 20.9. The Bertz CT molecular complexity index is 849. The van der Waals surface area contributed by atoms with Crippen LogP contribution < -0.4 is 5.32 Å². The number of β-amino-alcohol motifs (C(OH)–C–C–N with tert-alkyl or cyclic N) is 1. The van der Waals surface area contributed by atoms with E-state index in [1.54, 1.807) is 31.2 Å². The van der Waals surface area contributed by atoms with Gasteiger partial charge in [0.05, 0.1) is 12.6 Å². The van der Waals surface area contributed by atoms with Crippen LogP contribution in [0.1, 0.15) is 49.5 Å². The number of benzene rings is 2. The first-order chi connectivity index (χ1) is 12.7. The zero-order chi connectivity index (χ0) is 19.8. The SMILES string of the molecule is CC(C)c1ccc([C@@]2(C)NC(=O)N(C[C@@H](O)c3ccc(Cl)cc3)C2=O)cc1. The van der Waals surface area contributed by atoms with Crippen LogP contribution in [0.2, 0.25) is 5.02 Å². The first kappa shape index (κ1) is 19.4. The van der Waals surface area contributed by atoms with Gasteiger partial charge < -0.3 is 10.4 Å². The van der Waals surface area contributed by atoms with E-state index in [0.717, 1.165) is 10.5 Å². The molecule has 0 bridgehead atoms. The Morgan fingerprint density at radius 2 is 1.59 bits per heavy atom. The van der Waals surface area contributed by atoms with Crippen LogP contribution in [-0.4, -0.2) is 28.5 Å². The number of aliphatic hydroxyl groups is 1. The maximum Gasteiger partial charge on any atom is 0.325 e. The molecule has 5 nitrogen and oxygen atoms in total.